The summed E-state index contributed by atoms with van der Waals surface area (Å²) in [6.07, 6.45) is 4.39. The van der Waals surface area contributed by atoms with Gasteiger partial charge in [0.1, 0.15) is 0 Å². The van der Waals surface area contributed by atoms with Gasteiger partial charge < -0.3 is 4.90 Å². The Bertz CT molecular complexity index is 111. The number of nitrogens with zero attached hydrogens (tertiary/aromatic N) is 1. The molecule has 2 saturated heterocycles. The highest BCUT2D eigenvalue weighted by Gasteiger charge is 2.32. The lowest BCUT2D eigenvalue weighted by Crippen LogP contribution is -2.51. The van der Waals surface area contributed by atoms with Crippen molar-refractivity contribution in [2.75, 3.05) is 13.1 Å². The molecule has 0 N–H and O–H groups in total. The summed E-state index contributed by atoms with van der Waals surface area (Å²) in [6, 6.07) is 0.994. The minimum atomic E-state index is 0.994. The Balaban J connectivity index is 1.92. The fourth-order valence-electron chi connectivity index (χ4n) is 2.02. The molecule has 0 saturated carbocycles. The maximum absolute atomic E-state index is 2.62. The molecule has 1 nitrogen and oxygen atoms in total. The van der Waals surface area contributed by atoms with Gasteiger partial charge in [-0.25, -0.2) is 0 Å². The van der Waals surface area contributed by atoms with Crippen molar-refractivity contribution in [2.24, 2.45) is 5.92 Å². The highest BCUT2D eigenvalue weighted by Crippen LogP contribution is 2.30. The van der Waals surface area contributed by atoms with Crippen LogP contribution >= 0.6 is 0 Å². The van der Waals surface area contributed by atoms with Crippen LogP contribution in [0.4, 0.5) is 0 Å². The lowest BCUT2D eigenvalue weighted by atomic mass is 9.86. The van der Waals surface area contributed by atoms with Gasteiger partial charge in [-0.1, -0.05) is 6.92 Å². The molecule has 9 heavy (non-hydrogen) atoms. The quantitative estimate of drug-likeness (QED) is 0.474. The lowest BCUT2D eigenvalue weighted by Gasteiger charge is -2.46. The van der Waals surface area contributed by atoms with Gasteiger partial charge in [0.15, 0.2) is 0 Å². The highest BCUT2D eigenvalue weighted by molar-refractivity contribution is 4.87. The molecule has 0 aromatic heterocycles. The van der Waals surface area contributed by atoms with Gasteiger partial charge in [0.05, 0.1) is 0 Å². The zero-order valence-corrected chi connectivity index (χ0v) is 6.14. The predicted molar refractivity (Wildman–Crippen MR) is 38.4 cm³/mol. The number of fused-ring (bicyclic) bond motifs is 1. The van der Waals surface area contributed by atoms with Crippen molar-refractivity contribution in [1.82, 2.24) is 4.90 Å². The van der Waals surface area contributed by atoms with Crippen molar-refractivity contribution in [3.8, 4) is 0 Å². The minimum Gasteiger partial charge on any atom is -0.300 e. The molecule has 0 amide bonds. The summed E-state index contributed by atoms with van der Waals surface area (Å²) in [7, 11) is 0. The zero-order valence-electron chi connectivity index (χ0n) is 6.14. The standard InChI is InChI=1S/C8H15N/c1-7-2-4-9-5-3-8(9)6-7/h7-8H,2-6H2,1H3. The monoisotopic (exact) mass is 125 g/mol. The van der Waals surface area contributed by atoms with Crippen LogP contribution in [0.15, 0.2) is 0 Å². The fraction of sp³-hybridized carbons (Fsp3) is 1.00. The molecular weight excluding hydrogens is 110 g/mol. The second-order valence-electron chi connectivity index (χ2n) is 3.61. The normalized spacial score (nSPS) is 43.7. The molecule has 0 radical (unpaired) electrons. The van der Waals surface area contributed by atoms with Gasteiger partial charge in [-0.2, -0.15) is 0 Å². The van der Waals surface area contributed by atoms with Crippen molar-refractivity contribution in [3.63, 3.8) is 0 Å². The summed E-state index contributed by atoms with van der Waals surface area (Å²) in [5.74, 6) is 1.01. The zero-order chi connectivity index (χ0) is 6.27. The SMILES string of the molecule is CC1CCN2CCC2C1. The average Bonchev–Trinajstić information content (AvgIpc) is 1.78. The Kier molecular flexibility index (Phi) is 1.26. The second kappa shape index (κ2) is 1.98. The third-order valence-electron chi connectivity index (χ3n) is 2.85. The Labute approximate surface area is 57.0 Å². The molecule has 2 heterocycles. The Morgan fingerprint density at radius 1 is 1.22 bits per heavy atom. The summed E-state index contributed by atoms with van der Waals surface area (Å²) < 4.78 is 0. The van der Waals surface area contributed by atoms with E-state index in [-0.39, 0.29) is 0 Å². The van der Waals surface area contributed by atoms with Gasteiger partial charge in [0, 0.05) is 6.04 Å². The Morgan fingerprint density at radius 3 is 2.44 bits per heavy atom. The van der Waals surface area contributed by atoms with Crippen LogP contribution in [0.25, 0.3) is 0 Å². The van der Waals surface area contributed by atoms with Crippen LogP contribution in [-0.4, -0.2) is 24.0 Å². The Morgan fingerprint density at radius 2 is 2.00 bits per heavy atom. The summed E-state index contributed by atoms with van der Waals surface area (Å²) in [5, 5.41) is 0. The number of hydrogen-bond acceptors (Lipinski definition) is 1. The van der Waals surface area contributed by atoms with Crippen LogP contribution in [0.1, 0.15) is 26.2 Å². The summed E-state index contributed by atoms with van der Waals surface area (Å²) in [5.41, 5.74) is 0. The van der Waals surface area contributed by atoms with E-state index in [1.807, 2.05) is 0 Å². The summed E-state index contributed by atoms with van der Waals surface area (Å²) in [4.78, 5) is 2.62. The molecule has 0 aromatic rings. The topological polar surface area (TPSA) is 3.24 Å². The van der Waals surface area contributed by atoms with Gasteiger partial charge >= 0.3 is 0 Å². The molecule has 2 fully saturated rings. The average molecular weight is 125 g/mol. The van der Waals surface area contributed by atoms with Gasteiger partial charge in [0.25, 0.3) is 0 Å². The number of rotatable bonds is 0. The van der Waals surface area contributed by atoms with Crippen LogP contribution in [0, 0.1) is 5.92 Å². The fourth-order valence-corrected chi connectivity index (χ4v) is 2.02. The van der Waals surface area contributed by atoms with Gasteiger partial charge in [0.2, 0.25) is 0 Å². The third-order valence-corrected chi connectivity index (χ3v) is 2.85. The predicted octanol–water partition coefficient (Wildman–Crippen LogP) is 1.49. The first-order valence-corrected chi connectivity index (χ1v) is 4.10. The molecule has 52 valence electrons. The van der Waals surface area contributed by atoms with Crippen LogP contribution < -0.4 is 0 Å². The van der Waals surface area contributed by atoms with Gasteiger partial charge in [-0.3, -0.25) is 0 Å². The molecule has 0 bridgehead atoms. The summed E-state index contributed by atoms with van der Waals surface area (Å²) in [6.45, 7) is 5.15. The van der Waals surface area contributed by atoms with Crippen LogP contribution in [0.5, 0.6) is 0 Å². The minimum absolute atomic E-state index is 0.994. The van der Waals surface area contributed by atoms with Crippen molar-refractivity contribution in [3.05, 3.63) is 0 Å². The molecule has 2 unspecified atom stereocenters. The van der Waals surface area contributed by atoms with Crippen molar-refractivity contribution in [1.29, 1.82) is 0 Å². The van der Waals surface area contributed by atoms with Crippen LogP contribution in [0.3, 0.4) is 0 Å². The molecule has 2 aliphatic heterocycles. The Hall–Kier alpha value is -0.0400. The smallest absolute Gasteiger partial charge is 0.0110 e. The van der Waals surface area contributed by atoms with E-state index in [9.17, 15) is 0 Å². The molecule has 0 aliphatic carbocycles. The largest absolute Gasteiger partial charge is 0.300 e. The van der Waals surface area contributed by atoms with Crippen molar-refractivity contribution in [2.45, 2.75) is 32.2 Å². The van der Waals surface area contributed by atoms with Gasteiger partial charge in [-0.05, 0) is 38.3 Å². The lowest BCUT2D eigenvalue weighted by molar-refractivity contribution is 0.0332. The third kappa shape index (κ3) is 0.877. The molecular formula is C8H15N. The van der Waals surface area contributed by atoms with Crippen LogP contribution in [-0.2, 0) is 0 Å². The second-order valence-corrected chi connectivity index (χ2v) is 3.61. The maximum Gasteiger partial charge on any atom is 0.0110 e. The molecule has 0 spiro atoms. The van der Waals surface area contributed by atoms with Gasteiger partial charge in [-0.15, -0.1) is 0 Å². The molecule has 2 rings (SSSR count). The first-order chi connectivity index (χ1) is 4.36. The van der Waals surface area contributed by atoms with E-state index >= 15 is 0 Å². The van der Waals surface area contributed by atoms with E-state index in [2.05, 4.69) is 11.8 Å². The van der Waals surface area contributed by atoms with E-state index in [1.54, 1.807) is 0 Å². The molecule has 1 heteroatoms. The summed E-state index contributed by atoms with van der Waals surface area (Å²) >= 11 is 0. The molecule has 2 atom stereocenters. The number of hydrogen-bond donors (Lipinski definition) is 0. The highest BCUT2D eigenvalue weighted by atomic mass is 15.2. The van der Waals surface area contributed by atoms with E-state index < -0.39 is 0 Å². The van der Waals surface area contributed by atoms with E-state index in [0.29, 0.717) is 0 Å². The van der Waals surface area contributed by atoms with Crippen molar-refractivity contribution < 1.29 is 0 Å². The maximum atomic E-state index is 2.62. The number of piperidine rings is 1. The van der Waals surface area contributed by atoms with E-state index in [4.69, 9.17) is 0 Å². The first-order valence-electron chi connectivity index (χ1n) is 4.10. The van der Waals surface area contributed by atoms with E-state index in [1.165, 1.54) is 32.4 Å². The molecule has 0 aromatic carbocycles. The van der Waals surface area contributed by atoms with Crippen LogP contribution in [0.2, 0.25) is 0 Å². The molecule has 2 aliphatic rings. The first kappa shape index (κ1) is 5.72. The van der Waals surface area contributed by atoms with E-state index in [0.717, 1.165) is 12.0 Å². The van der Waals surface area contributed by atoms with Crippen molar-refractivity contribution >= 4 is 0 Å².